The topological polar surface area (TPSA) is 93.8 Å². The molecule has 0 aliphatic rings. The highest BCUT2D eigenvalue weighted by molar-refractivity contribution is 6.32. The molecule has 0 unspecified atom stereocenters. The molecule has 0 spiro atoms. The Morgan fingerprint density at radius 1 is 1.32 bits per heavy atom. The Hall–Kier alpha value is -2.93. The summed E-state index contributed by atoms with van der Waals surface area (Å²) in [7, 11) is 0. The minimum atomic E-state index is -0.587. The zero-order valence-corrected chi connectivity index (χ0v) is 14.2. The molecule has 2 rings (SSSR count). The molecule has 2 aromatic rings. The maximum atomic E-state index is 11.7. The molecule has 130 valence electrons. The molecule has 0 radical (unpaired) electrons. The van der Waals surface area contributed by atoms with E-state index < -0.39 is 10.8 Å². The number of carbonyl (C=O) groups excluding carboxylic acids is 1. The number of nitro groups is 1. The Bertz CT molecular complexity index is 791. The summed E-state index contributed by atoms with van der Waals surface area (Å²) in [4.78, 5) is 21.9. The maximum Gasteiger partial charge on any atom is 0.288 e. The van der Waals surface area contributed by atoms with Gasteiger partial charge in [0.25, 0.3) is 11.6 Å². The second-order valence-electron chi connectivity index (χ2n) is 5.05. The molecule has 0 aliphatic heterocycles. The first kappa shape index (κ1) is 18.4. The lowest BCUT2D eigenvalue weighted by atomic mass is 10.2. The Balaban J connectivity index is 1.85. The number of nitro benzene ring substituents is 1. The molecule has 1 amide bonds. The average molecular weight is 362 g/mol. The van der Waals surface area contributed by atoms with Gasteiger partial charge in [0.1, 0.15) is 10.8 Å². The normalized spacial score (nSPS) is 10.6. The van der Waals surface area contributed by atoms with Gasteiger partial charge in [-0.25, -0.2) is 5.43 Å². The molecule has 0 heterocycles. The summed E-state index contributed by atoms with van der Waals surface area (Å²) in [5, 5.41) is 14.6. The summed E-state index contributed by atoms with van der Waals surface area (Å²) in [6.45, 7) is 1.86. The molecule has 2 aromatic carbocycles. The van der Waals surface area contributed by atoms with Crippen molar-refractivity contribution in [3.05, 3.63) is 68.7 Å². The van der Waals surface area contributed by atoms with Crippen LogP contribution in [0.5, 0.6) is 5.75 Å². The van der Waals surface area contributed by atoms with Crippen molar-refractivity contribution in [1.82, 2.24) is 5.43 Å². The fraction of sp³-hybridized carbons (Fsp3) is 0.176. The van der Waals surface area contributed by atoms with Crippen molar-refractivity contribution in [1.29, 1.82) is 0 Å². The number of nitrogens with zero attached hydrogens (tertiary/aromatic N) is 2. The molecule has 0 atom stereocenters. The van der Waals surface area contributed by atoms with Crippen molar-refractivity contribution in [2.24, 2.45) is 5.10 Å². The molecule has 0 fully saturated rings. The lowest BCUT2D eigenvalue weighted by molar-refractivity contribution is -0.384. The van der Waals surface area contributed by atoms with Gasteiger partial charge in [0.15, 0.2) is 6.61 Å². The summed E-state index contributed by atoms with van der Waals surface area (Å²) in [6.07, 6.45) is 2.22. The molecule has 0 aromatic heterocycles. The quantitative estimate of drug-likeness (QED) is 0.465. The first-order chi connectivity index (χ1) is 12.0. The second-order valence-corrected chi connectivity index (χ2v) is 5.45. The van der Waals surface area contributed by atoms with Crippen molar-refractivity contribution in [2.75, 3.05) is 6.61 Å². The molecular weight excluding hydrogens is 346 g/mol. The molecular formula is C17H16ClN3O4. The van der Waals surface area contributed by atoms with Gasteiger partial charge in [-0.2, -0.15) is 5.10 Å². The summed E-state index contributed by atoms with van der Waals surface area (Å²) in [6, 6.07) is 11.7. The van der Waals surface area contributed by atoms with E-state index in [-0.39, 0.29) is 17.3 Å². The van der Waals surface area contributed by atoms with E-state index in [1.807, 2.05) is 12.1 Å². The third kappa shape index (κ3) is 5.58. The van der Waals surface area contributed by atoms with Crippen LogP contribution in [0, 0.1) is 10.1 Å². The lowest BCUT2D eigenvalue weighted by Crippen LogP contribution is -2.24. The highest BCUT2D eigenvalue weighted by Gasteiger charge is 2.11. The van der Waals surface area contributed by atoms with Gasteiger partial charge in [-0.1, -0.05) is 36.7 Å². The van der Waals surface area contributed by atoms with Crippen molar-refractivity contribution in [3.63, 3.8) is 0 Å². The third-order valence-electron chi connectivity index (χ3n) is 3.27. The molecule has 0 aliphatic carbocycles. The number of hydrogen-bond acceptors (Lipinski definition) is 5. The minimum absolute atomic E-state index is 0.0358. The van der Waals surface area contributed by atoms with Crippen LogP contribution >= 0.6 is 11.6 Å². The van der Waals surface area contributed by atoms with Crippen LogP contribution in [0.25, 0.3) is 0 Å². The van der Waals surface area contributed by atoms with E-state index in [0.717, 1.165) is 6.42 Å². The first-order valence-electron chi connectivity index (χ1n) is 7.47. The SMILES string of the molecule is CCc1ccc(OCC(=O)N/N=C/c2ccc(Cl)c([N+](=O)[O-])c2)cc1. The second kappa shape index (κ2) is 8.79. The van der Waals surface area contributed by atoms with E-state index in [1.165, 1.54) is 23.9 Å². The maximum absolute atomic E-state index is 11.7. The number of aryl methyl sites for hydroxylation is 1. The van der Waals surface area contributed by atoms with Crippen LogP contribution in [-0.4, -0.2) is 23.7 Å². The predicted molar refractivity (Wildman–Crippen MR) is 95.2 cm³/mol. The highest BCUT2D eigenvalue weighted by Crippen LogP contribution is 2.24. The van der Waals surface area contributed by atoms with E-state index >= 15 is 0 Å². The standard InChI is InChI=1S/C17H16ClN3O4/c1-2-12-3-6-14(7-4-12)25-11-17(22)20-19-10-13-5-8-15(18)16(9-13)21(23)24/h3-10H,2,11H2,1H3,(H,20,22)/b19-10+. The Kier molecular flexibility index (Phi) is 6.47. The number of carbonyl (C=O) groups is 1. The monoisotopic (exact) mass is 361 g/mol. The summed E-state index contributed by atoms with van der Waals surface area (Å²) < 4.78 is 5.34. The van der Waals surface area contributed by atoms with Crippen LogP contribution < -0.4 is 10.2 Å². The van der Waals surface area contributed by atoms with Crippen LogP contribution in [0.1, 0.15) is 18.1 Å². The zero-order chi connectivity index (χ0) is 18.2. The van der Waals surface area contributed by atoms with Crippen LogP contribution in [0.4, 0.5) is 5.69 Å². The van der Waals surface area contributed by atoms with Crippen molar-refractivity contribution < 1.29 is 14.5 Å². The van der Waals surface area contributed by atoms with Gasteiger partial charge in [-0.15, -0.1) is 0 Å². The Morgan fingerprint density at radius 2 is 2.04 bits per heavy atom. The summed E-state index contributed by atoms with van der Waals surface area (Å²) in [5.74, 6) is 0.143. The van der Waals surface area contributed by atoms with Crippen molar-refractivity contribution >= 4 is 29.4 Å². The summed E-state index contributed by atoms with van der Waals surface area (Å²) in [5.41, 5.74) is 3.68. The lowest BCUT2D eigenvalue weighted by Gasteiger charge is -2.05. The number of hydrazone groups is 1. The molecule has 1 N–H and O–H groups in total. The number of halogens is 1. The number of ether oxygens (including phenoxy) is 1. The number of hydrogen-bond donors (Lipinski definition) is 1. The van der Waals surface area contributed by atoms with Crippen LogP contribution in [0.2, 0.25) is 5.02 Å². The zero-order valence-electron chi connectivity index (χ0n) is 13.4. The van der Waals surface area contributed by atoms with Gasteiger partial charge >= 0.3 is 0 Å². The summed E-state index contributed by atoms with van der Waals surface area (Å²) >= 11 is 5.72. The first-order valence-corrected chi connectivity index (χ1v) is 7.85. The molecule has 0 saturated carbocycles. The van der Waals surface area contributed by atoms with E-state index in [4.69, 9.17) is 16.3 Å². The Labute approximate surface area is 149 Å². The van der Waals surface area contributed by atoms with Gasteiger partial charge in [-0.3, -0.25) is 14.9 Å². The van der Waals surface area contributed by atoms with Gasteiger partial charge in [-0.05, 0) is 30.2 Å². The number of amides is 1. The molecule has 7 nitrogen and oxygen atoms in total. The molecule has 25 heavy (non-hydrogen) atoms. The van der Waals surface area contributed by atoms with E-state index in [0.29, 0.717) is 11.3 Å². The smallest absolute Gasteiger partial charge is 0.288 e. The third-order valence-corrected chi connectivity index (χ3v) is 3.59. The average Bonchev–Trinajstić information content (AvgIpc) is 2.61. The fourth-order valence-corrected chi connectivity index (χ4v) is 2.12. The van der Waals surface area contributed by atoms with Crippen molar-refractivity contribution in [2.45, 2.75) is 13.3 Å². The van der Waals surface area contributed by atoms with Crippen LogP contribution in [0.15, 0.2) is 47.6 Å². The van der Waals surface area contributed by atoms with Crippen LogP contribution in [0.3, 0.4) is 0 Å². The molecule has 0 saturated heterocycles. The van der Waals surface area contributed by atoms with Gasteiger partial charge in [0, 0.05) is 11.6 Å². The number of nitrogens with one attached hydrogen (secondary N) is 1. The number of rotatable bonds is 7. The van der Waals surface area contributed by atoms with Gasteiger partial charge in [0.2, 0.25) is 0 Å². The van der Waals surface area contributed by atoms with E-state index in [1.54, 1.807) is 18.2 Å². The van der Waals surface area contributed by atoms with Gasteiger partial charge in [0.05, 0.1) is 11.1 Å². The van der Waals surface area contributed by atoms with E-state index in [9.17, 15) is 14.9 Å². The predicted octanol–water partition coefficient (Wildman–Crippen LogP) is 3.34. The van der Waals surface area contributed by atoms with Crippen molar-refractivity contribution in [3.8, 4) is 5.75 Å². The largest absolute Gasteiger partial charge is 0.484 e. The minimum Gasteiger partial charge on any atom is -0.484 e. The molecule has 0 bridgehead atoms. The molecule has 8 heteroatoms. The van der Waals surface area contributed by atoms with Crippen LogP contribution in [-0.2, 0) is 11.2 Å². The number of benzene rings is 2. The Morgan fingerprint density at radius 3 is 2.68 bits per heavy atom. The highest BCUT2D eigenvalue weighted by atomic mass is 35.5. The van der Waals surface area contributed by atoms with E-state index in [2.05, 4.69) is 17.5 Å². The van der Waals surface area contributed by atoms with Gasteiger partial charge < -0.3 is 4.74 Å². The fourth-order valence-electron chi connectivity index (χ4n) is 1.93.